The van der Waals surface area contributed by atoms with E-state index < -0.39 is 59.9 Å². The Morgan fingerprint density at radius 1 is 0.513 bits per heavy atom. The fraction of sp³-hybridized carbons (Fsp3) is 0.921. The van der Waals surface area contributed by atoms with Crippen LogP contribution in [0.2, 0.25) is 0 Å². The third-order valence-corrected chi connectivity index (χ3v) is 15.9. The van der Waals surface area contributed by atoms with E-state index in [2.05, 4.69) is 35.5 Å². The molecule has 1 heterocycles. The van der Waals surface area contributed by atoms with E-state index >= 15 is 0 Å². The second-order valence-electron chi connectivity index (χ2n) is 22.7. The number of amides is 1. The van der Waals surface area contributed by atoms with Crippen molar-refractivity contribution in [2.24, 2.45) is 0 Å². The Balaban J connectivity index is 2.23. The van der Waals surface area contributed by atoms with Crippen LogP contribution in [0.25, 0.3) is 0 Å². The molecule has 76 heavy (non-hydrogen) atoms. The maximum Gasteiger partial charge on any atom is 0.397 e. The maximum atomic E-state index is 13.2. The van der Waals surface area contributed by atoms with Crippen molar-refractivity contribution < 1.29 is 51.8 Å². The summed E-state index contributed by atoms with van der Waals surface area (Å²) >= 11 is 0. The van der Waals surface area contributed by atoms with Crippen LogP contribution in [0, 0.1) is 0 Å². The number of aliphatic hydroxyl groups is 4. The molecule has 0 aliphatic carbocycles. The number of ether oxygens (including phenoxy) is 2. The van der Waals surface area contributed by atoms with Crippen molar-refractivity contribution in [1.29, 1.82) is 0 Å². The molecule has 0 radical (unpaired) electrons. The largest absolute Gasteiger partial charge is 0.397 e. The van der Waals surface area contributed by atoms with Crippen LogP contribution in [0.1, 0.15) is 316 Å². The van der Waals surface area contributed by atoms with Gasteiger partial charge in [0.05, 0.1) is 25.4 Å². The molecule has 7 unspecified atom stereocenters. The highest BCUT2D eigenvalue weighted by atomic mass is 32.3. The van der Waals surface area contributed by atoms with Crippen LogP contribution in [0.3, 0.4) is 0 Å². The minimum absolute atomic E-state index is 0.257. The number of hydrogen-bond donors (Lipinski definition) is 6. The van der Waals surface area contributed by atoms with Gasteiger partial charge in [0.1, 0.15) is 24.4 Å². The van der Waals surface area contributed by atoms with E-state index in [4.69, 9.17) is 9.47 Å². The van der Waals surface area contributed by atoms with Gasteiger partial charge in [0.15, 0.2) is 6.29 Å². The van der Waals surface area contributed by atoms with Gasteiger partial charge in [-0.1, -0.05) is 289 Å². The van der Waals surface area contributed by atoms with E-state index in [0.717, 1.165) is 38.5 Å². The zero-order chi connectivity index (χ0) is 55.4. The van der Waals surface area contributed by atoms with Gasteiger partial charge in [0, 0.05) is 6.42 Å². The van der Waals surface area contributed by atoms with Crippen molar-refractivity contribution in [3.63, 3.8) is 0 Å². The molecule has 0 aromatic rings. The first kappa shape index (κ1) is 72.6. The van der Waals surface area contributed by atoms with Crippen LogP contribution >= 0.6 is 0 Å². The normalized spacial score (nSPS) is 19.1. The number of hydrogen-bond acceptors (Lipinski definition) is 10. The second kappa shape index (κ2) is 52.9. The molecule has 1 aliphatic heterocycles. The first-order valence-electron chi connectivity index (χ1n) is 32.2. The number of nitrogens with one attached hydrogen (secondary N) is 1. The molecule has 0 bridgehead atoms. The first-order chi connectivity index (χ1) is 37.0. The van der Waals surface area contributed by atoms with Crippen molar-refractivity contribution in [2.75, 3.05) is 13.2 Å². The molecule has 1 saturated heterocycles. The standard InChI is InChI=1S/C63H121NO11S/c1-3-5-7-9-11-13-15-17-19-21-22-23-24-25-26-27-28-29-30-31-32-33-34-35-36-37-39-41-43-45-47-49-51-53-59(67)64-56(55-73-63-61(69)62(75-76(70,71)72)60(68)58(54-65)74-63)57(66)52-50-48-46-44-42-40-38-20-18-16-14-12-10-8-6-4-2/h25-26,50,52,56-58,60-63,65-66,68-69H,3-24,27-49,51,53-55H2,1-2H3,(H,64,67)(H,70,71,72)/b26-25-,52-50+. The summed E-state index contributed by atoms with van der Waals surface area (Å²) in [4.78, 5) is 13.2. The lowest BCUT2D eigenvalue weighted by Gasteiger charge is -2.41. The highest BCUT2D eigenvalue weighted by molar-refractivity contribution is 7.80. The molecule has 6 N–H and O–H groups in total. The monoisotopic (exact) mass is 1100 g/mol. The van der Waals surface area contributed by atoms with Crippen molar-refractivity contribution in [2.45, 2.75) is 358 Å². The SMILES string of the molecule is CCCCCCCCCCCCCC/C=C\CCCCCCCCCCCCCCCCCCCC(=O)NC(COC1OC(CO)C(O)C(OS(=O)(=O)O)C1O)C(O)/C=C/CCCCCCCCCCCCCCCC. The van der Waals surface area contributed by atoms with Crippen molar-refractivity contribution in [3.05, 3.63) is 24.3 Å². The summed E-state index contributed by atoms with van der Waals surface area (Å²) in [7, 11) is -5.09. The Morgan fingerprint density at radius 3 is 1.18 bits per heavy atom. The minimum atomic E-state index is -5.09. The quantitative estimate of drug-likeness (QED) is 0.0193. The molecule has 12 nitrogen and oxygen atoms in total. The van der Waals surface area contributed by atoms with Crippen LogP contribution in [0.4, 0.5) is 0 Å². The number of unbranched alkanes of at least 4 members (excludes halogenated alkanes) is 43. The molecule has 7 atom stereocenters. The summed E-state index contributed by atoms with van der Waals surface area (Å²) < 4.78 is 47.9. The van der Waals surface area contributed by atoms with Crippen LogP contribution in [-0.4, -0.2) is 95.4 Å². The number of carbonyl (C=O) groups excluding carboxylic acids is 1. The highest BCUT2D eigenvalue weighted by Crippen LogP contribution is 2.26. The second-order valence-corrected chi connectivity index (χ2v) is 23.8. The summed E-state index contributed by atoms with van der Waals surface area (Å²) in [6.45, 7) is 3.44. The van der Waals surface area contributed by atoms with Crippen molar-refractivity contribution in [1.82, 2.24) is 5.32 Å². The summed E-state index contributed by atoms with van der Waals surface area (Å²) in [5.41, 5.74) is 0. The molecular weight excluding hydrogens is 979 g/mol. The Hall–Kier alpha value is -1.42. The molecule has 0 aromatic heterocycles. The van der Waals surface area contributed by atoms with Gasteiger partial charge < -0.3 is 35.2 Å². The molecule has 0 spiro atoms. The Kier molecular flexibility index (Phi) is 50.6. The number of rotatable bonds is 57. The van der Waals surface area contributed by atoms with Crippen LogP contribution in [-0.2, 0) is 28.9 Å². The van der Waals surface area contributed by atoms with E-state index in [1.54, 1.807) is 6.08 Å². The summed E-state index contributed by atoms with van der Waals surface area (Å²) in [6, 6.07) is -0.942. The molecule has 0 aromatic carbocycles. The molecule has 1 amide bonds. The molecule has 13 heteroatoms. The fourth-order valence-electron chi connectivity index (χ4n) is 10.5. The lowest BCUT2D eigenvalue weighted by molar-refractivity contribution is -0.298. The summed E-state index contributed by atoms with van der Waals surface area (Å²) in [5.74, 6) is -0.257. The van der Waals surface area contributed by atoms with E-state index in [9.17, 15) is 38.2 Å². The van der Waals surface area contributed by atoms with Gasteiger partial charge in [0.25, 0.3) is 0 Å². The van der Waals surface area contributed by atoms with Gasteiger partial charge in [-0.3, -0.25) is 9.35 Å². The van der Waals surface area contributed by atoms with Gasteiger partial charge in [-0.2, -0.15) is 8.42 Å². The Morgan fingerprint density at radius 2 is 0.842 bits per heavy atom. The number of carbonyl (C=O) groups is 1. The zero-order valence-corrected chi connectivity index (χ0v) is 49.9. The van der Waals surface area contributed by atoms with Gasteiger partial charge in [0.2, 0.25) is 5.91 Å². The van der Waals surface area contributed by atoms with E-state index in [-0.39, 0.29) is 18.9 Å². The molecule has 1 fully saturated rings. The van der Waals surface area contributed by atoms with Crippen LogP contribution in [0.5, 0.6) is 0 Å². The lowest BCUT2D eigenvalue weighted by Crippen LogP contribution is -2.61. The van der Waals surface area contributed by atoms with E-state index in [0.29, 0.717) is 6.42 Å². The molecule has 0 saturated carbocycles. The van der Waals surface area contributed by atoms with Gasteiger partial charge in [-0.15, -0.1) is 0 Å². The van der Waals surface area contributed by atoms with E-state index in [1.807, 2.05) is 6.08 Å². The average molecular weight is 1100 g/mol. The summed E-state index contributed by atoms with van der Waals surface area (Å²) in [6.07, 6.45) is 58.2. The average Bonchev–Trinajstić information content (AvgIpc) is 3.40. The van der Waals surface area contributed by atoms with Crippen molar-refractivity contribution >= 4 is 16.3 Å². The Bertz CT molecular complexity index is 1430. The third kappa shape index (κ3) is 44.3. The maximum absolute atomic E-state index is 13.2. The predicted molar refractivity (Wildman–Crippen MR) is 315 cm³/mol. The molecule has 1 aliphatic rings. The van der Waals surface area contributed by atoms with Gasteiger partial charge in [-0.05, 0) is 44.9 Å². The van der Waals surface area contributed by atoms with Crippen molar-refractivity contribution in [3.8, 4) is 0 Å². The number of allylic oxidation sites excluding steroid dienone is 3. The van der Waals surface area contributed by atoms with E-state index in [1.165, 1.54) is 250 Å². The minimum Gasteiger partial charge on any atom is -0.394 e. The Labute approximate surface area is 467 Å². The fourth-order valence-corrected chi connectivity index (χ4v) is 11.0. The molecular formula is C63H121NO11S. The zero-order valence-electron chi connectivity index (χ0n) is 49.1. The summed E-state index contributed by atoms with van der Waals surface area (Å²) in [5, 5.41) is 45.0. The smallest absolute Gasteiger partial charge is 0.394 e. The topological polar surface area (TPSA) is 192 Å². The highest BCUT2D eigenvalue weighted by Gasteiger charge is 2.48. The van der Waals surface area contributed by atoms with Crippen LogP contribution in [0.15, 0.2) is 24.3 Å². The first-order valence-corrected chi connectivity index (χ1v) is 33.6. The molecule has 1 rings (SSSR count). The predicted octanol–water partition coefficient (Wildman–Crippen LogP) is 16.0. The molecule has 450 valence electrons. The lowest BCUT2D eigenvalue weighted by atomic mass is 9.99. The van der Waals surface area contributed by atoms with Gasteiger partial charge >= 0.3 is 10.4 Å². The van der Waals surface area contributed by atoms with Gasteiger partial charge in [-0.25, -0.2) is 4.18 Å². The third-order valence-electron chi connectivity index (χ3n) is 15.5. The van der Waals surface area contributed by atoms with Crippen LogP contribution < -0.4 is 5.32 Å². The number of aliphatic hydroxyl groups excluding tert-OH is 4.